The zero-order valence-electron chi connectivity index (χ0n) is 20.4. The molecule has 0 spiro atoms. The van der Waals surface area contributed by atoms with E-state index in [-0.39, 0.29) is 28.3 Å². The number of sulfonamides is 1. The number of hydrogen-bond donors (Lipinski definition) is 3. The lowest BCUT2D eigenvalue weighted by Gasteiger charge is -2.31. The Labute approximate surface area is 223 Å². The number of thiazole rings is 1. The second-order valence-electron chi connectivity index (χ2n) is 8.91. The average molecular weight is 568 g/mol. The van der Waals surface area contributed by atoms with Crippen molar-refractivity contribution in [2.75, 3.05) is 36.4 Å². The number of aromatic nitrogens is 1. The van der Waals surface area contributed by atoms with Crippen molar-refractivity contribution in [1.82, 2.24) is 14.6 Å². The number of benzene rings is 2. The predicted octanol–water partition coefficient (Wildman–Crippen LogP) is 3.76. The van der Waals surface area contributed by atoms with E-state index in [0.717, 1.165) is 23.5 Å². The third-order valence-corrected chi connectivity index (χ3v) is 9.21. The summed E-state index contributed by atoms with van der Waals surface area (Å²) in [4.78, 5) is 16.7. The van der Waals surface area contributed by atoms with Crippen LogP contribution in [0.25, 0.3) is 0 Å². The van der Waals surface area contributed by atoms with Crippen LogP contribution < -0.4 is 16.4 Å². The first-order valence-corrected chi connectivity index (χ1v) is 14.5. The molecule has 38 heavy (non-hydrogen) atoms. The summed E-state index contributed by atoms with van der Waals surface area (Å²) in [5.41, 5.74) is 5.70. The van der Waals surface area contributed by atoms with Gasteiger partial charge < -0.3 is 16.4 Å². The molecule has 1 aliphatic heterocycles. The third kappa shape index (κ3) is 6.70. The molecule has 0 atom stereocenters. The molecule has 13 heteroatoms. The number of nitrogens with one attached hydrogen (secondary N) is 2. The fourth-order valence-electron chi connectivity index (χ4n) is 4.21. The fourth-order valence-corrected chi connectivity index (χ4v) is 6.65. The summed E-state index contributed by atoms with van der Waals surface area (Å²) >= 11 is 0.902. The number of nitrogens with two attached hydrogens (primary N) is 1. The first-order chi connectivity index (χ1) is 18.2. The Balaban J connectivity index is 1.25. The van der Waals surface area contributed by atoms with Crippen LogP contribution in [0.5, 0.6) is 0 Å². The summed E-state index contributed by atoms with van der Waals surface area (Å²) in [6, 6.07) is 9.48. The molecule has 204 valence electrons. The Morgan fingerprint density at radius 2 is 1.71 bits per heavy atom. The van der Waals surface area contributed by atoms with Gasteiger partial charge >= 0.3 is 0 Å². The highest BCUT2D eigenvalue weighted by atomic mass is 32.2. The van der Waals surface area contributed by atoms with Gasteiger partial charge in [-0.2, -0.15) is 0 Å². The Kier molecular flexibility index (Phi) is 9.03. The fraction of sp³-hybridized carbons (Fsp3) is 0.360. The summed E-state index contributed by atoms with van der Waals surface area (Å²) in [6.07, 6.45) is 1.41. The van der Waals surface area contributed by atoms with Crippen molar-refractivity contribution < 1.29 is 26.4 Å². The van der Waals surface area contributed by atoms with Gasteiger partial charge in [-0.15, -0.1) is 0 Å². The van der Waals surface area contributed by atoms with Crippen LogP contribution in [0.4, 0.5) is 24.1 Å². The Morgan fingerprint density at radius 3 is 2.39 bits per heavy atom. The van der Waals surface area contributed by atoms with E-state index in [9.17, 15) is 26.4 Å². The summed E-state index contributed by atoms with van der Waals surface area (Å²) in [7, 11) is -3.44. The van der Waals surface area contributed by atoms with Crippen LogP contribution in [-0.2, 0) is 16.6 Å². The van der Waals surface area contributed by atoms with Gasteiger partial charge in [-0.1, -0.05) is 35.6 Å². The van der Waals surface area contributed by atoms with Gasteiger partial charge in [0, 0.05) is 31.2 Å². The van der Waals surface area contributed by atoms with Gasteiger partial charge in [0.05, 0.1) is 11.3 Å². The highest BCUT2D eigenvalue weighted by Crippen LogP contribution is 2.30. The minimum absolute atomic E-state index is 0.0174. The molecule has 4 N–H and O–H groups in total. The molecular formula is C25H28F3N5O3S2. The van der Waals surface area contributed by atoms with Crippen molar-refractivity contribution in [3.05, 3.63) is 75.9 Å². The molecule has 1 aliphatic rings. The maximum atomic E-state index is 14.0. The number of carbonyl (C=O) groups excluding carboxylic acids is 1. The molecule has 2 heterocycles. The van der Waals surface area contributed by atoms with E-state index in [0.29, 0.717) is 56.1 Å². The summed E-state index contributed by atoms with van der Waals surface area (Å²) in [5, 5.41) is 6.55. The van der Waals surface area contributed by atoms with Crippen LogP contribution in [0.1, 0.15) is 40.1 Å². The number of hydrogen-bond acceptors (Lipinski definition) is 8. The molecule has 3 aromatic rings. The molecule has 0 unspecified atom stereocenters. The van der Waals surface area contributed by atoms with E-state index in [1.54, 1.807) is 18.2 Å². The van der Waals surface area contributed by atoms with Crippen molar-refractivity contribution in [3.63, 3.8) is 0 Å². The molecule has 0 saturated carbocycles. The molecule has 4 rings (SSSR count). The third-order valence-electron chi connectivity index (χ3n) is 6.25. The summed E-state index contributed by atoms with van der Waals surface area (Å²) in [5.74, 6) is -3.29. The number of piperidine rings is 1. The summed E-state index contributed by atoms with van der Waals surface area (Å²) in [6.45, 7) is 1.40. The van der Waals surface area contributed by atoms with E-state index < -0.39 is 33.0 Å². The van der Waals surface area contributed by atoms with Crippen LogP contribution in [-0.4, -0.2) is 54.9 Å². The van der Waals surface area contributed by atoms with Crippen LogP contribution in [0.15, 0.2) is 42.5 Å². The van der Waals surface area contributed by atoms with Crippen LogP contribution in [0.2, 0.25) is 0 Å². The molecule has 0 amide bonds. The van der Waals surface area contributed by atoms with Crippen LogP contribution in [0, 0.1) is 17.5 Å². The molecule has 0 bridgehead atoms. The predicted molar refractivity (Wildman–Crippen MR) is 141 cm³/mol. The molecule has 0 aliphatic carbocycles. The van der Waals surface area contributed by atoms with Gasteiger partial charge in [0.25, 0.3) is 0 Å². The topological polar surface area (TPSA) is 117 Å². The number of anilines is 2. The largest absolute Gasteiger partial charge is 0.382 e. The van der Waals surface area contributed by atoms with Gasteiger partial charge in [-0.25, -0.2) is 30.9 Å². The molecule has 1 saturated heterocycles. The number of carbonyl (C=O) groups is 1. The highest BCUT2D eigenvalue weighted by molar-refractivity contribution is 7.89. The lowest BCUT2D eigenvalue weighted by atomic mass is 10.1. The van der Waals surface area contributed by atoms with E-state index >= 15 is 0 Å². The summed E-state index contributed by atoms with van der Waals surface area (Å²) < 4.78 is 68.7. The molecule has 2 aromatic carbocycles. The molecule has 1 fully saturated rings. The standard InChI is InChI=1S/C25H28F3N5O3S2/c26-18-6-2-1-5-16(18)15-30-11-4-14-38(35,36)33-12-9-17(10-13-33)31-25-32-24(29)23(37-25)22(34)21-19(27)7-3-8-20(21)28/h1-3,5-8,17,30H,4,9-15,29H2,(H,31,32). The van der Waals surface area contributed by atoms with Crippen molar-refractivity contribution in [2.45, 2.75) is 31.8 Å². The van der Waals surface area contributed by atoms with E-state index in [2.05, 4.69) is 15.6 Å². The number of halogens is 3. The van der Waals surface area contributed by atoms with E-state index in [1.807, 2.05) is 0 Å². The Bertz CT molecular complexity index is 1370. The maximum Gasteiger partial charge on any atom is 0.214 e. The minimum atomic E-state index is -3.44. The number of nitrogen functional groups attached to an aromatic ring is 1. The smallest absolute Gasteiger partial charge is 0.214 e. The zero-order valence-corrected chi connectivity index (χ0v) is 22.1. The number of nitrogens with zero attached hydrogens (tertiary/aromatic N) is 2. The SMILES string of the molecule is Nc1nc(NC2CCN(S(=O)(=O)CCCNCc3ccccc3F)CC2)sc1C(=O)c1c(F)cccc1F. The first kappa shape index (κ1) is 28.0. The van der Waals surface area contributed by atoms with Gasteiger partial charge in [-0.05, 0) is 44.0 Å². The minimum Gasteiger partial charge on any atom is -0.382 e. The van der Waals surface area contributed by atoms with Gasteiger partial charge in [-0.3, -0.25) is 4.79 Å². The van der Waals surface area contributed by atoms with Gasteiger partial charge in [0.15, 0.2) is 5.13 Å². The van der Waals surface area contributed by atoms with E-state index in [1.165, 1.54) is 16.4 Å². The monoisotopic (exact) mass is 567 g/mol. The second-order valence-corrected chi connectivity index (χ2v) is 12.0. The van der Waals surface area contributed by atoms with E-state index in [4.69, 9.17) is 5.73 Å². The van der Waals surface area contributed by atoms with Gasteiger partial charge in [0.2, 0.25) is 15.8 Å². The zero-order chi connectivity index (χ0) is 27.3. The van der Waals surface area contributed by atoms with Crippen molar-refractivity contribution in [3.8, 4) is 0 Å². The van der Waals surface area contributed by atoms with Crippen molar-refractivity contribution >= 4 is 38.1 Å². The molecule has 8 nitrogen and oxygen atoms in total. The molecular weight excluding hydrogens is 539 g/mol. The first-order valence-electron chi connectivity index (χ1n) is 12.1. The lowest BCUT2D eigenvalue weighted by Crippen LogP contribution is -2.43. The van der Waals surface area contributed by atoms with Crippen LogP contribution in [0.3, 0.4) is 0 Å². The Morgan fingerprint density at radius 1 is 1.05 bits per heavy atom. The maximum absolute atomic E-state index is 14.0. The normalized spacial score (nSPS) is 15.0. The Hall–Kier alpha value is -3.00. The average Bonchev–Trinajstić information content (AvgIpc) is 3.24. The molecule has 1 aromatic heterocycles. The van der Waals surface area contributed by atoms with Gasteiger partial charge in [0.1, 0.15) is 28.1 Å². The van der Waals surface area contributed by atoms with Crippen molar-refractivity contribution in [1.29, 1.82) is 0 Å². The van der Waals surface area contributed by atoms with Crippen molar-refractivity contribution in [2.24, 2.45) is 0 Å². The quantitative estimate of drug-likeness (QED) is 0.239. The second kappa shape index (κ2) is 12.2. The number of rotatable bonds is 11. The molecule has 0 radical (unpaired) electrons. The highest BCUT2D eigenvalue weighted by Gasteiger charge is 2.29. The number of ketones is 1. The lowest BCUT2D eigenvalue weighted by molar-refractivity contribution is 0.103. The van der Waals surface area contributed by atoms with Crippen LogP contribution >= 0.6 is 11.3 Å².